The number of allylic oxidation sites excluding steroid dienone is 2. The molecule has 28 heteroatoms. The van der Waals surface area contributed by atoms with Gasteiger partial charge in [0, 0.05) is 69.0 Å². The summed E-state index contributed by atoms with van der Waals surface area (Å²) in [5.74, 6) is -10.4. The summed E-state index contributed by atoms with van der Waals surface area (Å²) in [6, 6.07) is -13.1. The van der Waals surface area contributed by atoms with Gasteiger partial charge in [-0.1, -0.05) is 95.2 Å². The van der Waals surface area contributed by atoms with Crippen molar-refractivity contribution in [2.24, 2.45) is 35.5 Å². The van der Waals surface area contributed by atoms with E-state index >= 15 is 14.4 Å². The van der Waals surface area contributed by atoms with Gasteiger partial charge in [-0.25, -0.2) is 4.79 Å². The molecule has 0 saturated carbocycles. The van der Waals surface area contributed by atoms with E-state index in [1.54, 1.807) is 72.4 Å². The smallest absolute Gasteiger partial charge is 0.409 e. The summed E-state index contributed by atoms with van der Waals surface area (Å²) >= 11 is 0. The van der Waals surface area contributed by atoms with Crippen LogP contribution in [0.2, 0.25) is 0 Å². The molecule has 2 aliphatic heterocycles. The van der Waals surface area contributed by atoms with Crippen LogP contribution in [-0.2, 0) is 67.0 Å². The van der Waals surface area contributed by atoms with Gasteiger partial charge in [0.2, 0.25) is 65.0 Å². The third-order valence-electron chi connectivity index (χ3n) is 18.2. The number of aliphatic hydroxyl groups excluding tert-OH is 1. The Labute approximate surface area is 577 Å². The average molecular weight is 1380 g/mol. The van der Waals surface area contributed by atoms with Gasteiger partial charge in [-0.05, 0) is 108 Å². The highest BCUT2D eigenvalue weighted by molar-refractivity contribution is 5.99. The van der Waals surface area contributed by atoms with Crippen molar-refractivity contribution in [2.75, 3.05) is 95.4 Å². The van der Waals surface area contributed by atoms with Crippen LogP contribution in [0.1, 0.15) is 156 Å². The molecule has 5 N–H and O–H groups in total. The molecular weight excluding hydrogens is 1250 g/mol. The Kier molecular flexibility index (Phi) is 36.3. The van der Waals surface area contributed by atoms with E-state index in [9.17, 15) is 48.3 Å². The Morgan fingerprint density at radius 2 is 1.03 bits per heavy atom. The Balaban J connectivity index is 2.95. The van der Waals surface area contributed by atoms with Crippen molar-refractivity contribution in [3.63, 3.8) is 0 Å². The average Bonchev–Trinajstić information content (AvgIpc) is 0.816. The number of morpholine rings is 1. The Morgan fingerprint density at radius 1 is 0.546 bits per heavy atom. The van der Waals surface area contributed by atoms with Crippen molar-refractivity contribution >= 4 is 71.1 Å². The summed E-state index contributed by atoms with van der Waals surface area (Å²) in [7, 11) is 9.72. The third-order valence-corrected chi connectivity index (χ3v) is 18.2. The highest BCUT2D eigenvalue weighted by Crippen LogP contribution is 2.26. The number of carbonyl (C=O) groups is 12. The first kappa shape index (κ1) is 86.1. The monoisotopic (exact) mass is 1370 g/mol. The zero-order valence-corrected chi connectivity index (χ0v) is 62.6. The second kappa shape index (κ2) is 40.8. The fourth-order valence-corrected chi connectivity index (χ4v) is 12.0. The first-order valence-electron chi connectivity index (χ1n) is 34.7. The van der Waals surface area contributed by atoms with E-state index in [2.05, 4.69) is 21.3 Å². The molecule has 2 fully saturated rings. The van der Waals surface area contributed by atoms with E-state index in [-0.39, 0.29) is 63.1 Å². The molecule has 2 rings (SSSR count). The van der Waals surface area contributed by atoms with Gasteiger partial charge in [-0.3, -0.25) is 52.7 Å². The van der Waals surface area contributed by atoms with Crippen LogP contribution in [0.4, 0.5) is 4.79 Å². The van der Waals surface area contributed by atoms with E-state index in [1.165, 1.54) is 82.8 Å². The van der Waals surface area contributed by atoms with Gasteiger partial charge in [-0.2, -0.15) is 0 Å². The maximum absolute atomic E-state index is 15.3. The summed E-state index contributed by atoms with van der Waals surface area (Å²) in [6.07, 6.45) is 1.85. The predicted molar refractivity (Wildman–Crippen MR) is 367 cm³/mol. The standard InChI is InChI=1S/C69H122N12O16/c1-24-26-29-45(13)58(83)57-62(87)72-49(25-2)64(89)74(17)39-53(82)78(21)56(48(16)96-32-27-28-33-97-69(94)81-30-34-95-35-31-81)61(86)73-54(43(9)10)67(92)75(18)50(36-40(3)4)60(85)70-46(14)59(84)71-47(15)63(88)76(19)51(37-41(5)6)65(90)77(20)52(38-42(7)8)66(91)79(22)55(44(11)12)68(93)80(57)23/h24,26,40-52,54-58,83H,25,27-39H2,1-23H3,(H,70,85)(H,71,84)(H,72,87)(H,73,86)/t45-,46+,47-,48-,49+,50+,51+,52-,54+,55+,56+,57+,58-/m1/s1. The molecular formula is C69H122N12O16. The molecule has 12 amide bonds. The molecule has 0 radical (unpaired) electrons. The highest BCUT2D eigenvalue weighted by Gasteiger charge is 2.46. The fraction of sp³-hybridized carbons (Fsp3) is 0.797. The van der Waals surface area contributed by atoms with Crippen LogP contribution in [0, 0.1) is 35.5 Å². The number of nitrogens with one attached hydrogen (secondary N) is 4. The molecule has 28 nitrogen and oxygen atoms in total. The molecule has 0 aromatic rings. The number of likely N-dealkylation sites (N-methyl/N-ethyl adjacent to an activating group) is 7. The number of amides is 12. The van der Waals surface area contributed by atoms with Crippen LogP contribution in [-0.4, -0.2) is 283 Å². The number of ether oxygens (including phenoxy) is 3. The topological polar surface area (TPSA) is 327 Å². The van der Waals surface area contributed by atoms with Gasteiger partial charge < -0.3 is 79.8 Å². The highest BCUT2D eigenvalue weighted by atomic mass is 16.6. The number of carbonyl (C=O) groups excluding carboxylic acids is 12. The lowest BCUT2D eigenvalue weighted by Gasteiger charge is -2.41. The van der Waals surface area contributed by atoms with E-state index in [0.717, 1.165) is 14.7 Å². The lowest BCUT2D eigenvalue weighted by Crippen LogP contribution is -2.63. The number of hydrogen-bond donors (Lipinski definition) is 5. The molecule has 2 heterocycles. The maximum Gasteiger partial charge on any atom is 0.409 e. The van der Waals surface area contributed by atoms with Gasteiger partial charge in [0.25, 0.3) is 0 Å². The summed E-state index contributed by atoms with van der Waals surface area (Å²) in [4.78, 5) is 185. The number of unbranched alkanes of at least 4 members (excludes halogenated alkanes) is 1. The molecule has 0 aromatic carbocycles. The van der Waals surface area contributed by atoms with Crippen molar-refractivity contribution in [3.05, 3.63) is 12.2 Å². The molecule has 2 aliphatic rings. The summed E-state index contributed by atoms with van der Waals surface area (Å²) < 4.78 is 17.0. The number of hydrogen-bond acceptors (Lipinski definition) is 16. The van der Waals surface area contributed by atoms with Crippen LogP contribution < -0.4 is 21.3 Å². The number of aliphatic hydroxyl groups is 1. The third kappa shape index (κ3) is 25.1. The van der Waals surface area contributed by atoms with Gasteiger partial charge in [0.15, 0.2) is 0 Å². The lowest BCUT2D eigenvalue weighted by atomic mass is 9.91. The number of nitrogens with zero attached hydrogens (tertiary/aromatic N) is 8. The number of rotatable bonds is 20. The second-order valence-electron chi connectivity index (χ2n) is 28.4. The molecule has 554 valence electrons. The zero-order chi connectivity index (χ0) is 74.2. The van der Waals surface area contributed by atoms with Gasteiger partial charge in [0.05, 0.1) is 38.6 Å². The van der Waals surface area contributed by atoms with Crippen LogP contribution >= 0.6 is 0 Å². The lowest BCUT2D eigenvalue weighted by molar-refractivity contribution is -0.157. The maximum atomic E-state index is 15.3. The zero-order valence-electron chi connectivity index (χ0n) is 62.6. The minimum atomic E-state index is -1.66. The largest absolute Gasteiger partial charge is 0.449 e. The van der Waals surface area contributed by atoms with E-state index in [0.29, 0.717) is 39.1 Å². The molecule has 0 unspecified atom stereocenters. The van der Waals surface area contributed by atoms with Crippen LogP contribution in [0.3, 0.4) is 0 Å². The van der Waals surface area contributed by atoms with Crippen molar-refractivity contribution in [3.8, 4) is 0 Å². The van der Waals surface area contributed by atoms with Crippen LogP contribution in [0.25, 0.3) is 0 Å². The van der Waals surface area contributed by atoms with Gasteiger partial charge >= 0.3 is 6.09 Å². The van der Waals surface area contributed by atoms with Crippen molar-refractivity contribution in [2.45, 2.75) is 228 Å². The molecule has 0 spiro atoms. The van der Waals surface area contributed by atoms with E-state index in [1.807, 2.05) is 41.5 Å². The fourth-order valence-electron chi connectivity index (χ4n) is 12.0. The quantitative estimate of drug-likeness (QED) is 0.0864. The molecule has 97 heavy (non-hydrogen) atoms. The summed E-state index contributed by atoms with van der Waals surface area (Å²) in [5.41, 5.74) is 0. The summed E-state index contributed by atoms with van der Waals surface area (Å²) in [6.45, 7) is 28.5. The first-order chi connectivity index (χ1) is 45.2. The molecule has 0 bridgehead atoms. The Morgan fingerprint density at radius 3 is 1.55 bits per heavy atom. The minimum absolute atomic E-state index is 0.0288. The predicted octanol–water partition coefficient (Wildman–Crippen LogP) is 2.88. The molecule has 0 aliphatic carbocycles. The summed E-state index contributed by atoms with van der Waals surface area (Å²) in [5, 5.41) is 23.1. The minimum Gasteiger partial charge on any atom is -0.449 e. The van der Waals surface area contributed by atoms with Crippen LogP contribution in [0.15, 0.2) is 12.2 Å². The SMILES string of the molecule is CC=CC[C@@H](C)[C@@H](O)[C@H]1C(=O)N[C@@H](CC)C(=O)N(C)CC(=O)N(C)[C@@H]([C@@H](C)OCCCCOC(=O)N2CCOCC2)C(=O)N[C@@H](C(C)C)C(=O)N(C)[C@@H](CC(C)C)C(=O)N[C@@H](C)C(=O)N[C@H](C)C(=O)N(C)[C@@H](CC(C)C)C(=O)N(C)[C@H](CC(C)C)C(=O)N(C)[C@@H](C(C)C)C(=O)N1C. The van der Waals surface area contributed by atoms with Gasteiger partial charge in [-0.15, -0.1) is 0 Å². The van der Waals surface area contributed by atoms with Crippen molar-refractivity contribution < 1.29 is 76.9 Å². The van der Waals surface area contributed by atoms with Crippen LogP contribution in [0.5, 0.6) is 0 Å². The molecule has 13 atom stereocenters. The Bertz CT molecular complexity index is 2670. The first-order valence-corrected chi connectivity index (χ1v) is 34.7. The molecule has 2 saturated heterocycles. The Hall–Kier alpha value is -6.94. The second-order valence-corrected chi connectivity index (χ2v) is 28.4. The van der Waals surface area contributed by atoms with E-state index < -0.39 is 168 Å². The van der Waals surface area contributed by atoms with Gasteiger partial charge in [0.1, 0.15) is 60.4 Å². The van der Waals surface area contributed by atoms with E-state index in [4.69, 9.17) is 14.2 Å². The normalized spacial score (nSPS) is 26.2. The van der Waals surface area contributed by atoms with Crippen molar-refractivity contribution in [1.29, 1.82) is 0 Å². The molecule has 0 aromatic heterocycles. The van der Waals surface area contributed by atoms with Crippen molar-refractivity contribution in [1.82, 2.24) is 60.5 Å².